The fourth-order valence-corrected chi connectivity index (χ4v) is 9.30. The van der Waals surface area contributed by atoms with Crippen LogP contribution in [0, 0.1) is 0 Å². The molecule has 0 saturated carbocycles. The number of rotatable bonds is 2. The highest BCUT2D eigenvalue weighted by Gasteiger charge is 2.42. The topological polar surface area (TPSA) is 34.8 Å². The largest absolute Gasteiger partial charge is 0.376 e. The molecule has 0 unspecified atom stereocenters. The van der Waals surface area contributed by atoms with Crippen LogP contribution in [0.1, 0.15) is 0 Å². The van der Waals surface area contributed by atoms with Crippen molar-refractivity contribution in [2.24, 2.45) is 0 Å². The Morgan fingerprint density at radius 1 is 0.346 bits per heavy atom. The molecule has 2 aromatic heterocycles. The molecule has 0 atom stereocenters. The van der Waals surface area contributed by atoms with Crippen molar-refractivity contribution in [3.63, 3.8) is 0 Å². The number of nitrogens with one attached hydrogen (secondary N) is 2. The second kappa shape index (κ2) is 10.4. The molecule has 2 aliphatic rings. The Kier molecular flexibility index (Phi) is 5.58. The lowest BCUT2D eigenvalue weighted by Crippen LogP contribution is -2.59. The van der Waals surface area contributed by atoms with Gasteiger partial charge in [0.15, 0.2) is 0 Å². The van der Waals surface area contributed by atoms with Crippen LogP contribution in [0.3, 0.4) is 0 Å². The third-order valence-corrected chi connectivity index (χ3v) is 11.6. The highest BCUT2D eigenvalue weighted by Crippen LogP contribution is 2.48. The zero-order valence-corrected chi connectivity index (χ0v) is 28.2. The predicted molar refractivity (Wildman–Crippen MR) is 221 cm³/mol. The summed E-state index contributed by atoms with van der Waals surface area (Å²) < 4.78 is 0. The van der Waals surface area contributed by atoms with Gasteiger partial charge in [0.05, 0.1) is 11.0 Å². The normalized spacial score (nSPS) is 12.9. The summed E-state index contributed by atoms with van der Waals surface area (Å²) >= 11 is 0. The lowest BCUT2D eigenvalue weighted by Gasteiger charge is -2.43. The second-order valence-corrected chi connectivity index (χ2v) is 14.2. The first kappa shape index (κ1) is 28.0. The minimum atomic E-state index is 0.0679. The van der Waals surface area contributed by atoms with Crippen LogP contribution >= 0.6 is 0 Å². The molecule has 0 spiro atoms. The number of H-pyrrole nitrogens is 2. The summed E-state index contributed by atoms with van der Waals surface area (Å²) in [5.41, 5.74) is 19.8. The van der Waals surface area contributed by atoms with Gasteiger partial charge in [0.25, 0.3) is 0 Å². The zero-order valence-electron chi connectivity index (χ0n) is 28.2. The van der Waals surface area contributed by atoms with Crippen molar-refractivity contribution in [3.8, 4) is 44.5 Å². The van der Waals surface area contributed by atoms with Gasteiger partial charge >= 0.3 is 6.85 Å². The first-order valence-corrected chi connectivity index (χ1v) is 18.1. The molecule has 0 amide bonds. The van der Waals surface area contributed by atoms with Gasteiger partial charge in [-0.3, -0.25) is 0 Å². The lowest BCUT2D eigenvalue weighted by molar-refractivity contribution is 1.35. The number of hydrogen-bond acceptors (Lipinski definition) is 1. The summed E-state index contributed by atoms with van der Waals surface area (Å²) in [5, 5.41) is 5.03. The van der Waals surface area contributed by atoms with Gasteiger partial charge in [-0.05, 0) is 69.6 Å². The lowest BCUT2D eigenvalue weighted by atomic mass is 9.43. The summed E-state index contributed by atoms with van der Waals surface area (Å²) in [6, 6.07) is 62.7. The molecule has 3 nitrogen and oxygen atoms in total. The fourth-order valence-electron chi connectivity index (χ4n) is 9.30. The van der Waals surface area contributed by atoms with E-state index >= 15 is 0 Å². The van der Waals surface area contributed by atoms with Crippen molar-refractivity contribution < 1.29 is 0 Å². The molecule has 240 valence electrons. The maximum atomic E-state index is 3.74. The summed E-state index contributed by atoms with van der Waals surface area (Å²) in [7, 11) is 0. The van der Waals surface area contributed by atoms with Crippen LogP contribution in [-0.4, -0.2) is 16.8 Å². The van der Waals surface area contributed by atoms with Crippen LogP contribution in [0.4, 0.5) is 11.4 Å². The molecular formula is C48H30BN3. The third kappa shape index (κ3) is 3.76. The van der Waals surface area contributed by atoms with Crippen molar-refractivity contribution in [3.05, 3.63) is 170 Å². The van der Waals surface area contributed by atoms with E-state index in [9.17, 15) is 0 Å². The van der Waals surface area contributed by atoms with Crippen LogP contribution in [0.25, 0.3) is 88.1 Å². The van der Waals surface area contributed by atoms with E-state index in [4.69, 9.17) is 0 Å². The summed E-state index contributed by atoms with van der Waals surface area (Å²) in [4.78, 5) is 10.1. The molecule has 0 saturated heterocycles. The number of nitrogens with zero attached hydrogens (tertiary/aromatic N) is 1. The SMILES string of the molecule is c1ccc2c(c1)B1c3ccccc3-c3cc(-c4cccc5c4[nH]c4ccccc45)ccc3N1c1ccc(-c3cccc4c3[nH]c3ccccc34)cc1-2. The van der Waals surface area contributed by atoms with Gasteiger partial charge in [-0.15, -0.1) is 0 Å². The van der Waals surface area contributed by atoms with Gasteiger partial charge in [0.1, 0.15) is 0 Å². The molecule has 2 aliphatic heterocycles. The van der Waals surface area contributed by atoms with E-state index in [1.165, 1.54) is 110 Å². The fraction of sp³-hybridized carbons (Fsp3) is 0. The van der Waals surface area contributed by atoms with Crippen molar-refractivity contribution in [1.29, 1.82) is 0 Å². The Labute approximate surface area is 300 Å². The number of benzene rings is 8. The average Bonchev–Trinajstić information content (AvgIpc) is 3.79. The Bertz CT molecular complexity index is 2900. The van der Waals surface area contributed by atoms with E-state index in [1.54, 1.807) is 0 Å². The van der Waals surface area contributed by atoms with Gasteiger partial charge in [0.2, 0.25) is 0 Å². The van der Waals surface area contributed by atoms with Crippen LogP contribution < -0.4 is 15.7 Å². The third-order valence-electron chi connectivity index (χ3n) is 11.6. The average molecular weight is 660 g/mol. The molecule has 12 rings (SSSR count). The Balaban J connectivity index is 1.08. The summed E-state index contributed by atoms with van der Waals surface area (Å²) in [6.07, 6.45) is 0. The highest BCUT2D eigenvalue weighted by molar-refractivity contribution is 6.92. The van der Waals surface area contributed by atoms with Crippen molar-refractivity contribution in [2.75, 3.05) is 4.81 Å². The van der Waals surface area contributed by atoms with Crippen LogP contribution in [-0.2, 0) is 0 Å². The molecule has 0 bridgehead atoms. The molecule has 0 aliphatic carbocycles. The minimum absolute atomic E-state index is 0.0679. The molecule has 0 fully saturated rings. The van der Waals surface area contributed by atoms with Crippen molar-refractivity contribution in [2.45, 2.75) is 0 Å². The molecule has 2 N–H and O–H groups in total. The smallest absolute Gasteiger partial charge is 0.329 e. The van der Waals surface area contributed by atoms with E-state index in [1.807, 2.05) is 0 Å². The van der Waals surface area contributed by atoms with Gasteiger partial charge in [-0.25, -0.2) is 0 Å². The Morgan fingerprint density at radius 2 is 0.769 bits per heavy atom. The zero-order chi connectivity index (χ0) is 33.9. The van der Waals surface area contributed by atoms with Crippen LogP contribution in [0.5, 0.6) is 0 Å². The quantitative estimate of drug-likeness (QED) is 0.178. The van der Waals surface area contributed by atoms with Gasteiger partial charge in [0, 0.05) is 66.2 Å². The number of fused-ring (bicyclic) bond motifs is 17. The Morgan fingerprint density at radius 3 is 1.29 bits per heavy atom. The monoisotopic (exact) mass is 659 g/mol. The molecule has 8 aromatic carbocycles. The number of aromatic nitrogens is 2. The van der Waals surface area contributed by atoms with E-state index in [0.717, 1.165) is 0 Å². The van der Waals surface area contributed by atoms with E-state index in [2.05, 4.69) is 185 Å². The number of hydrogen-bond donors (Lipinski definition) is 2. The summed E-state index contributed by atoms with van der Waals surface area (Å²) in [6.45, 7) is 0.0679. The molecule has 10 aromatic rings. The molecule has 0 radical (unpaired) electrons. The van der Waals surface area contributed by atoms with Gasteiger partial charge in [-0.2, -0.15) is 0 Å². The van der Waals surface area contributed by atoms with E-state index in [0.29, 0.717) is 0 Å². The van der Waals surface area contributed by atoms with Crippen LogP contribution in [0.2, 0.25) is 0 Å². The maximum absolute atomic E-state index is 3.74. The number of aromatic amines is 2. The number of anilines is 2. The maximum Gasteiger partial charge on any atom is 0.329 e. The van der Waals surface area contributed by atoms with Crippen LogP contribution in [0.15, 0.2) is 170 Å². The molecule has 52 heavy (non-hydrogen) atoms. The minimum Gasteiger partial charge on any atom is -0.376 e. The molecule has 4 heterocycles. The predicted octanol–water partition coefficient (Wildman–Crippen LogP) is 11.2. The van der Waals surface area contributed by atoms with E-state index < -0.39 is 0 Å². The van der Waals surface area contributed by atoms with Crippen molar-refractivity contribution >= 4 is 72.8 Å². The second-order valence-electron chi connectivity index (χ2n) is 14.2. The standard InChI is InChI=1S/C48H30BN3/c1-5-19-41-33(11-1)39-27-29(31-15-9-17-37-35-13-3-7-21-43(35)50-47(31)37)23-25-45(39)52-46-26-24-30(28-40(46)34-12-2-6-20-42(34)49(41)52)32-16-10-18-38-36-14-4-8-22-44(36)51-48(32)38/h1-28,50-51H. The molecular weight excluding hydrogens is 629 g/mol. The van der Waals surface area contributed by atoms with Gasteiger partial charge < -0.3 is 14.8 Å². The van der Waals surface area contributed by atoms with Gasteiger partial charge in [-0.1, -0.05) is 133 Å². The molecule has 4 heteroatoms. The highest BCUT2D eigenvalue weighted by atomic mass is 15.1. The first-order valence-electron chi connectivity index (χ1n) is 18.1. The van der Waals surface area contributed by atoms with E-state index in [-0.39, 0.29) is 6.85 Å². The van der Waals surface area contributed by atoms with Crippen molar-refractivity contribution in [1.82, 2.24) is 9.97 Å². The first-order chi connectivity index (χ1) is 25.8. The summed E-state index contributed by atoms with van der Waals surface area (Å²) in [5.74, 6) is 0. The number of para-hydroxylation sites is 4. The Hall–Kier alpha value is -6.78.